The van der Waals surface area contributed by atoms with Crippen LogP contribution in [0.3, 0.4) is 0 Å². The summed E-state index contributed by atoms with van der Waals surface area (Å²) in [6, 6.07) is 6.21. The van der Waals surface area contributed by atoms with E-state index in [-0.39, 0.29) is 6.04 Å². The van der Waals surface area contributed by atoms with E-state index in [0.29, 0.717) is 16.6 Å². The zero-order valence-corrected chi connectivity index (χ0v) is 13.2. The highest BCUT2D eigenvalue weighted by atomic mass is 32.1. The van der Waals surface area contributed by atoms with Crippen molar-refractivity contribution in [2.24, 2.45) is 5.73 Å². The van der Waals surface area contributed by atoms with E-state index >= 15 is 0 Å². The fourth-order valence-corrected chi connectivity index (χ4v) is 2.90. The van der Waals surface area contributed by atoms with E-state index in [1.165, 1.54) is 4.88 Å². The number of aryl methyl sites for hydroxylation is 1. The number of anilines is 1. The van der Waals surface area contributed by atoms with Crippen LogP contribution in [0.2, 0.25) is 0 Å². The van der Waals surface area contributed by atoms with Gasteiger partial charge >= 0.3 is 0 Å². The Morgan fingerprint density at radius 1 is 1.50 bits per heavy atom. The first kappa shape index (κ1) is 14.9. The normalized spacial score (nSPS) is 12.1. The lowest BCUT2D eigenvalue weighted by molar-refractivity contribution is 0.680. The third-order valence-corrected chi connectivity index (χ3v) is 4.07. The molecule has 0 radical (unpaired) electrons. The minimum absolute atomic E-state index is 0.223. The van der Waals surface area contributed by atoms with E-state index < -0.39 is 0 Å². The summed E-state index contributed by atoms with van der Waals surface area (Å²) in [5.74, 6) is 0.583. The van der Waals surface area contributed by atoms with Crippen molar-refractivity contribution in [3.8, 4) is 0 Å². The Morgan fingerprint density at radius 2 is 2.30 bits per heavy atom. The Bertz CT molecular complexity index is 581. The average molecular weight is 306 g/mol. The molecule has 2 aromatic rings. The van der Waals surface area contributed by atoms with Gasteiger partial charge in [-0.15, -0.1) is 11.3 Å². The van der Waals surface area contributed by atoms with Crippen LogP contribution in [0.15, 0.2) is 23.6 Å². The highest BCUT2D eigenvalue weighted by molar-refractivity contribution is 7.80. The fourth-order valence-electron chi connectivity index (χ4n) is 1.98. The molecule has 0 spiro atoms. The predicted octanol–water partition coefficient (Wildman–Crippen LogP) is 3.43. The van der Waals surface area contributed by atoms with Crippen LogP contribution in [0.4, 0.5) is 5.95 Å². The molecule has 106 valence electrons. The van der Waals surface area contributed by atoms with Crippen molar-refractivity contribution < 1.29 is 0 Å². The summed E-state index contributed by atoms with van der Waals surface area (Å²) in [5.41, 5.74) is 7.11. The smallest absolute Gasteiger partial charge is 0.224 e. The molecule has 0 amide bonds. The first-order valence-electron chi connectivity index (χ1n) is 6.55. The van der Waals surface area contributed by atoms with Gasteiger partial charge in [0.25, 0.3) is 0 Å². The Morgan fingerprint density at radius 3 is 2.90 bits per heavy atom. The van der Waals surface area contributed by atoms with E-state index in [1.54, 1.807) is 17.4 Å². The molecular formula is C14H18N4S2. The SMILES string of the molecule is CCCC(Nc1nc(C)cc(C(N)=S)n1)c1cccs1. The summed E-state index contributed by atoms with van der Waals surface area (Å²) < 4.78 is 0. The maximum atomic E-state index is 5.65. The maximum absolute atomic E-state index is 5.65. The standard InChI is InChI=1S/C14H18N4S2/c1-3-5-10(12-6-4-7-20-12)17-14-16-9(2)8-11(18-14)13(15)19/h4,6-8,10H,3,5H2,1-2H3,(H2,15,19)(H,16,17,18). The van der Waals surface area contributed by atoms with E-state index in [1.807, 2.05) is 6.92 Å². The van der Waals surface area contributed by atoms with Crippen molar-refractivity contribution in [3.63, 3.8) is 0 Å². The summed E-state index contributed by atoms with van der Waals surface area (Å²) in [6.07, 6.45) is 2.11. The molecule has 0 aliphatic rings. The number of nitrogens with one attached hydrogen (secondary N) is 1. The summed E-state index contributed by atoms with van der Waals surface area (Å²) in [6.45, 7) is 4.08. The number of rotatable bonds is 6. The van der Waals surface area contributed by atoms with Crippen molar-refractivity contribution in [1.82, 2.24) is 9.97 Å². The number of hydrogen-bond acceptors (Lipinski definition) is 5. The van der Waals surface area contributed by atoms with Crippen LogP contribution in [-0.4, -0.2) is 15.0 Å². The van der Waals surface area contributed by atoms with Crippen LogP contribution in [0.25, 0.3) is 0 Å². The quantitative estimate of drug-likeness (QED) is 0.801. The lowest BCUT2D eigenvalue weighted by Gasteiger charge is -2.17. The molecule has 1 atom stereocenters. The van der Waals surface area contributed by atoms with Crippen LogP contribution < -0.4 is 11.1 Å². The molecule has 0 saturated heterocycles. The molecule has 6 heteroatoms. The molecule has 3 N–H and O–H groups in total. The monoisotopic (exact) mass is 306 g/mol. The Balaban J connectivity index is 2.24. The van der Waals surface area contributed by atoms with Crippen molar-refractivity contribution in [1.29, 1.82) is 0 Å². The van der Waals surface area contributed by atoms with Gasteiger partial charge in [0, 0.05) is 10.6 Å². The average Bonchev–Trinajstić information content (AvgIpc) is 2.91. The molecule has 0 fully saturated rings. The van der Waals surface area contributed by atoms with Crippen LogP contribution in [0, 0.1) is 6.92 Å². The van der Waals surface area contributed by atoms with Gasteiger partial charge in [0.1, 0.15) is 10.7 Å². The van der Waals surface area contributed by atoms with Gasteiger partial charge in [0.2, 0.25) is 5.95 Å². The van der Waals surface area contributed by atoms with Gasteiger partial charge in [0.05, 0.1) is 6.04 Å². The Hall–Kier alpha value is -1.53. The van der Waals surface area contributed by atoms with E-state index in [9.17, 15) is 0 Å². The highest BCUT2D eigenvalue weighted by Crippen LogP contribution is 2.26. The van der Waals surface area contributed by atoms with Crippen molar-refractivity contribution in [2.45, 2.75) is 32.7 Å². The molecule has 0 aliphatic heterocycles. The van der Waals surface area contributed by atoms with Gasteiger partial charge in [-0.25, -0.2) is 9.97 Å². The van der Waals surface area contributed by atoms with Gasteiger partial charge in [-0.2, -0.15) is 0 Å². The molecule has 2 aromatic heterocycles. The van der Waals surface area contributed by atoms with Gasteiger partial charge in [-0.1, -0.05) is 31.6 Å². The van der Waals surface area contributed by atoms with Crippen molar-refractivity contribution in [2.75, 3.05) is 5.32 Å². The molecule has 4 nitrogen and oxygen atoms in total. The lowest BCUT2D eigenvalue weighted by atomic mass is 10.1. The fraction of sp³-hybridized carbons (Fsp3) is 0.357. The molecule has 20 heavy (non-hydrogen) atoms. The summed E-state index contributed by atoms with van der Waals surface area (Å²) in [7, 11) is 0. The topological polar surface area (TPSA) is 63.8 Å². The van der Waals surface area contributed by atoms with Crippen molar-refractivity contribution >= 4 is 34.5 Å². The molecule has 1 unspecified atom stereocenters. The van der Waals surface area contributed by atoms with Gasteiger partial charge in [-0.3, -0.25) is 0 Å². The second kappa shape index (κ2) is 6.76. The highest BCUT2D eigenvalue weighted by Gasteiger charge is 2.14. The Labute approximate surface area is 128 Å². The largest absolute Gasteiger partial charge is 0.388 e. The summed E-state index contributed by atoms with van der Waals surface area (Å²) >= 11 is 6.72. The summed E-state index contributed by atoms with van der Waals surface area (Å²) in [5, 5.41) is 5.47. The lowest BCUT2D eigenvalue weighted by Crippen LogP contribution is -2.17. The van der Waals surface area contributed by atoms with Gasteiger partial charge < -0.3 is 11.1 Å². The molecular weight excluding hydrogens is 288 g/mol. The number of thiophene rings is 1. The second-order valence-electron chi connectivity index (χ2n) is 4.58. The molecule has 0 saturated carbocycles. The van der Waals surface area contributed by atoms with Gasteiger partial charge in [0.15, 0.2) is 0 Å². The van der Waals surface area contributed by atoms with Crippen LogP contribution in [-0.2, 0) is 0 Å². The third-order valence-electron chi connectivity index (χ3n) is 2.87. The van der Waals surface area contributed by atoms with Crippen molar-refractivity contribution in [3.05, 3.63) is 39.8 Å². The molecule has 0 aliphatic carbocycles. The number of aromatic nitrogens is 2. The van der Waals surface area contributed by atoms with Crippen LogP contribution in [0.5, 0.6) is 0 Å². The first-order valence-corrected chi connectivity index (χ1v) is 7.84. The van der Waals surface area contributed by atoms with Crippen LogP contribution >= 0.6 is 23.6 Å². The molecule has 2 heterocycles. The number of hydrogen-bond donors (Lipinski definition) is 2. The first-order chi connectivity index (χ1) is 9.60. The van der Waals surface area contributed by atoms with Crippen LogP contribution in [0.1, 0.15) is 42.1 Å². The minimum atomic E-state index is 0.223. The molecule has 0 aromatic carbocycles. The van der Waals surface area contributed by atoms with E-state index in [2.05, 4.69) is 39.7 Å². The molecule has 2 rings (SSSR count). The second-order valence-corrected chi connectivity index (χ2v) is 6.00. The zero-order chi connectivity index (χ0) is 14.5. The van der Waals surface area contributed by atoms with E-state index in [4.69, 9.17) is 18.0 Å². The third kappa shape index (κ3) is 3.74. The maximum Gasteiger partial charge on any atom is 0.224 e. The van der Waals surface area contributed by atoms with E-state index in [0.717, 1.165) is 18.5 Å². The zero-order valence-electron chi connectivity index (χ0n) is 11.6. The number of nitrogens with zero attached hydrogens (tertiary/aromatic N) is 2. The number of thiocarbonyl (C=S) groups is 1. The number of nitrogens with two attached hydrogens (primary N) is 1. The summed E-state index contributed by atoms with van der Waals surface area (Å²) in [4.78, 5) is 10.4. The van der Waals surface area contributed by atoms with Gasteiger partial charge in [-0.05, 0) is 30.9 Å². The predicted molar refractivity (Wildman–Crippen MR) is 88.2 cm³/mol. The minimum Gasteiger partial charge on any atom is -0.388 e. The molecule has 0 bridgehead atoms. The Kier molecular flexibility index (Phi) is 5.03.